The summed E-state index contributed by atoms with van der Waals surface area (Å²) in [5, 5.41) is 2.72. The first-order chi connectivity index (χ1) is 15.0. The monoisotopic (exact) mass is 411 g/mol. The van der Waals surface area contributed by atoms with E-state index in [1.807, 2.05) is 42.5 Å². The van der Waals surface area contributed by atoms with Gasteiger partial charge in [0.05, 0.1) is 18.2 Å². The van der Waals surface area contributed by atoms with E-state index in [2.05, 4.69) is 29.2 Å². The van der Waals surface area contributed by atoms with E-state index < -0.39 is 0 Å². The maximum atomic E-state index is 13.2. The molecule has 0 amide bonds. The fourth-order valence-corrected chi connectivity index (χ4v) is 4.13. The third-order valence-electron chi connectivity index (χ3n) is 5.82. The van der Waals surface area contributed by atoms with E-state index >= 15 is 0 Å². The molecule has 0 atom stereocenters. The Balaban J connectivity index is 1.90. The molecule has 6 nitrogen and oxygen atoms in total. The number of H-pyrrole nitrogens is 1. The van der Waals surface area contributed by atoms with Gasteiger partial charge in [-0.05, 0) is 40.1 Å². The van der Waals surface area contributed by atoms with Crippen molar-refractivity contribution in [1.82, 2.24) is 14.1 Å². The number of benzene rings is 3. The zero-order valence-electron chi connectivity index (χ0n) is 17.5. The smallest absolute Gasteiger partial charge is 0.332 e. The van der Waals surface area contributed by atoms with Crippen LogP contribution in [0.15, 0.2) is 76.3 Å². The molecule has 0 aliphatic heterocycles. The Bertz CT molecular complexity index is 1570. The minimum atomic E-state index is -0.370. The molecule has 154 valence electrons. The Labute approximate surface area is 178 Å². The molecule has 0 spiro atoms. The Kier molecular flexibility index (Phi) is 4.29. The van der Waals surface area contributed by atoms with Gasteiger partial charge in [-0.1, -0.05) is 48.5 Å². The molecule has 3 aromatic carbocycles. The Morgan fingerprint density at radius 3 is 2.19 bits per heavy atom. The van der Waals surface area contributed by atoms with E-state index in [0.29, 0.717) is 11.0 Å². The second-order valence-corrected chi connectivity index (χ2v) is 7.59. The average molecular weight is 411 g/mol. The van der Waals surface area contributed by atoms with Crippen molar-refractivity contribution in [2.45, 2.75) is 0 Å². The lowest BCUT2D eigenvalue weighted by Gasteiger charge is -2.08. The lowest BCUT2D eigenvalue weighted by molar-refractivity contribution is 0.415. The maximum absolute atomic E-state index is 13.2. The third-order valence-corrected chi connectivity index (χ3v) is 5.82. The molecule has 0 fully saturated rings. The summed E-state index contributed by atoms with van der Waals surface area (Å²) >= 11 is 0. The van der Waals surface area contributed by atoms with Crippen molar-refractivity contribution in [3.8, 4) is 28.1 Å². The number of hydrogen-bond acceptors (Lipinski definition) is 3. The molecule has 0 saturated heterocycles. The van der Waals surface area contributed by atoms with Gasteiger partial charge in [0.2, 0.25) is 0 Å². The summed E-state index contributed by atoms with van der Waals surface area (Å²) in [6.07, 6.45) is 0. The van der Waals surface area contributed by atoms with Gasteiger partial charge in [-0.3, -0.25) is 13.9 Å². The first-order valence-electron chi connectivity index (χ1n) is 9.95. The van der Waals surface area contributed by atoms with E-state index in [1.165, 1.54) is 11.6 Å². The number of rotatable bonds is 3. The van der Waals surface area contributed by atoms with Crippen molar-refractivity contribution in [1.29, 1.82) is 0 Å². The van der Waals surface area contributed by atoms with Gasteiger partial charge < -0.3 is 9.72 Å². The van der Waals surface area contributed by atoms with Gasteiger partial charge in [-0.25, -0.2) is 4.79 Å². The van der Waals surface area contributed by atoms with E-state index in [4.69, 9.17) is 4.74 Å². The van der Waals surface area contributed by atoms with Crippen molar-refractivity contribution in [2.24, 2.45) is 14.1 Å². The molecule has 31 heavy (non-hydrogen) atoms. The second-order valence-electron chi connectivity index (χ2n) is 7.59. The number of methoxy groups -OCH3 is 1. The number of nitrogens with one attached hydrogen (secondary N) is 1. The van der Waals surface area contributed by atoms with Crippen LogP contribution >= 0.6 is 0 Å². The summed E-state index contributed by atoms with van der Waals surface area (Å²) in [6, 6.07) is 21.9. The van der Waals surface area contributed by atoms with Gasteiger partial charge in [0, 0.05) is 19.7 Å². The van der Waals surface area contributed by atoms with Crippen molar-refractivity contribution in [3.05, 3.63) is 87.6 Å². The SMILES string of the molecule is COc1ccc(-c2c(-c3ccc4ccccc4c3)[nH]c3c2c(=O)n(C)c(=O)n3C)cc1. The van der Waals surface area contributed by atoms with Gasteiger partial charge in [0.15, 0.2) is 0 Å². The lowest BCUT2D eigenvalue weighted by Crippen LogP contribution is -2.36. The number of aromatic amines is 1. The fourth-order valence-electron chi connectivity index (χ4n) is 4.13. The minimum absolute atomic E-state index is 0.327. The summed E-state index contributed by atoms with van der Waals surface area (Å²) < 4.78 is 7.92. The van der Waals surface area contributed by atoms with Crippen LogP contribution in [0.5, 0.6) is 5.75 Å². The number of nitrogens with zero attached hydrogens (tertiary/aromatic N) is 2. The van der Waals surface area contributed by atoms with E-state index in [1.54, 1.807) is 14.2 Å². The van der Waals surface area contributed by atoms with Crippen molar-refractivity contribution < 1.29 is 4.74 Å². The fraction of sp³-hybridized carbons (Fsp3) is 0.120. The van der Waals surface area contributed by atoms with Crippen LogP contribution in [-0.4, -0.2) is 21.2 Å². The summed E-state index contributed by atoms with van der Waals surface area (Å²) in [4.78, 5) is 29.1. The van der Waals surface area contributed by atoms with Crippen LogP contribution in [0.2, 0.25) is 0 Å². The van der Waals surface area contributed by atoms with Crippen molar-refractivity contribution in [3.63, 3.8) is 0 Å². The lowest BCUT2D eigenvalue weighted by atomic mass is 9.97. The molecular formula is C25H21N3O3. The predicted octanol–water partition coefficient (Wildman–Crippen LogP) is 4.06. The normalized spacial score (nSPS) is 11.3. The van der Waals surface area contributed by atoms with E-state index in [9.17, 15) is 9.59 Å². The standard InChI is InChI=1S/C25H21N3O3/c1-27-23-21(24(29)28(2)25(27)30)20(16-10-12-19(31-3)13-11-16)22(26-23)18-9-8-15-6-4-5-7-17(15)14-18/h4-14,26H,1-3H3. The van der Waals surface area contributed by atoms with Crippen LogP contribution in [0.3, 0.4) is 0 Å². The number of aryl methyl sites for hydroxylation is 1. The van der Waals surface area contributed by atoms with Crippen LogP contribution in [0.4, 0.5) is 0 Å². The highest BCUT2D eigenvalue weighted by molar-refractivity contribution is 6.03. The molecule has 0 aliphatic rings. The number of hydrogen-bond donors (Lipinski definition) is 1. The molecule has 0 bridgehead atoms. The second kappa shape index (κ2) is 7.02. The molecule has 6 heteroatoms. The summed E-state index contributed by atoms with van der Waals surface area (Å²) in [5.74, 6) is 0.733. The van der Waals surface area contributed by atoms with Crippen LogP contribution in [0.1, 0.15) is 0 Å². The largest absolute Gasteiger partial charge is 0.497 e. The zero-order chi connectivity index (χ0) is 21.7. The topological polar surface area (TPSA) is 69.0 Å². The summed E-state index contributed by atoms with van der Waals surface area (Å²) in [5.41, 5.74) is 3.17. The first kappa shape index (κ1) is 18.9. The van der Waals surface area contributed by atoms with Gasteiger partial charge in [-0.15, -0.1) is 0 Å². The highest BCUT2D eigenvalue weighted by Crippen LogP contribution is 2.38. The number of ether oxygens (including phenoxy) is 1. The molecule has 2 heterocycles. The van der Waals surface area contributed by atoms with Crippen molar-refractivity contribution >= 4 is 21.8 Å². The molecule has 1 N–H and O–H groups in total. The third kappa shape index (κ3) is 2.87. The molecule has 0 aliphatic carbocycles. The van der Waals surface area contributed by atoms with E-state index in [-0.39, 0.29) is 11.2 Å². The van der Waals surface area contributed by atoms with Gasteiger partial charge >= 0.3 is 5.69 Å². The van der Waals surface area contributed by atoms with E-state index in [0.717, 1.165) is 43.5 Å². The Morgan fingerprint density at radius 1 is 0.806 bits per heavy atom. The summed E-state index contributed by atoms with van der Waals surface area (Å²) in [6.45, 7) is 0. The van der Waals surface area contributed by atoms with Crippen molar-refractivity contribution in [2.75, 3.05) is 7.11 Å². The first-order valence-corrected chi connectivity index (χ1v) is 9.95. The Hall–Kier alpha value is -4.06. The van der Waals surface area contributed by atoms with Gasteiger partial charge in [-0.2, -0.15) is 0 Å². The van der Waals surface area contributed by atoms with Crippen LogP contribution in [0, 0.1) is 0 Å². The maximum Gasteiger partial charge on any atom is 0.332 e. The van der Waals surface area contributed by atoms with Crippen LogP contribution in [-0.2, 0) is 14.1 Å². The highest BCUT2D eigenvalue weighted by Gasteiger charge is 2.21. The quantitative estimate of drug-likeness (QED) is 0.487. The van der Waals surface area contributed by atoms with Crippen LogP contribution < -0.4 is 16.0 Å². The molecular weight excluding hydrogens is 390 g/mol. The average Bonchev–Trinajstić information content (AvgIpc) is 3.22. The molecule has 5 aromatic rings. The number of aromatic nitrogens is 3. The molecule has 5 rings (SSSR count). The molecule has 0 unspecified atom stereocenters. The zero-order valence-corrected chi connectivity index (χ0v) is 17.5. The van der Waals surface area contributed by atoms with Crippen LogP contribution in [0.25, 0.3) is 44.2 Å². The minimum Gasteiger partial charge on any atom is -0.497 e. The summed E-state index contributed by atoms with van der Waals surface area (Å²) in [7, 11) is 4.79. The van der Waals surface area contributed by atoms with Gasteiger partial charge in [0.1, 0.15) is 11.4 Å². The number of fused-ring (bicyclic) bond motifs is 2. The molecule has 2 aromatic heterocycles. The molecule has 0 radical (unpaired) electrons. The Morgan fingerprint density at radius 2 is 1.48 bits per heavy atom. The highest BCUT2D eigenvalue weighted by atomic mass is 16.5. The van der Waals surface area contributed by atoms with Gasteiger partial charge in [0.25, 0.3) is 5.56 Å². The molecule has 0 saturated carbocycles. The predicted molar refractivity (Wildman–Crippen MR) is 124 cm³/mol.